The van der Waals surface area contributed by atoms with Crippen LogP contribution in [0.1, 0.15) is 10.4 Å². The van der Waals surface area contributed by atoms with Crippen molar-refractivity contribution in [2.75, 3.05) is 4.90 Å². The zero-order valence-electron chi connectivity index (χ0n) is 15.9. The molecule has 3 aliphatic rings. The Morgan fingerprint density at radius 3 is 2.20 bits per heavy atom. The summed E-state index contributed by atoms with van der Waals surface area (Å²) in [5.74, 6) is -2.45. The average molecular weight is 395 g/mol. The number of nitrogens with zero attached hydrogens (tertiary/aromatic N) is 3. The zero-order chi connectivity index (χ0) is 20.8. The number of benzene rings is 2. The fourth-order valence-corrected chi connectivity index (χ4v) is 4.73. The van der Waals surface area contributed by atoms with E-state index in [0.717, 1.165) is 0 Å². The number of rotatable bonds is 3. The van der Waals surface area contributed by atoms with Gasteiger partial charge in [-0.2, -0.15) is 5.26 Å². The van der Waals surface area contributed by atoms with E-state index in [9.17, 15) is 19.6 Å². The van der Waals surface area contributed by atoms with E-state index < -0.39 is 23.9 Å². The zero-order valence-corrected chi connectivity index (χ0v) is 15.9. The van der Waals surface area contributed by atoms with Crippen LogP contribution < -0.4 is 4.90 Å². The van der Waals surface area contributed by atoms with Crippen molar-refractivity contribution in [1.29, 1.82) is 5.26 Å². The first kappa shape index (κ1) is 18.1. The predicted molar refractivity (Wildman–Crippen MR) is 109 cm³/mol. The van der Waals surface area contributed by atoms with Crippen LogP contribution in [0.15, 0.2) is 84.6 Å². The van der Waals surface area contributed by atoms with E-state index in [4.69, 9.17) is 0 Å². The van der Waals surface area contributed by atoms with Crippen LogP contribution in [0.2, 0.25) is 0 Å². The molecular weight excluding hydrogens is 378 g/mol. The van der Waals surface area contributed by atoms with Crippen molar-refractivity contribution >= 4 is 23.3 Å². The third kappa shape index (κ3) is 2.52. The molecule has 2 amide bonds. The van der Waals surface area contributed by atoms with Crippen LogP contribution >= 0.6 is 0 Å². The molecule has 4 atom stereocenters. The van der Waals surface area contributed by atoms with Gasteiger partial charge in [0.2, 0.25) is 11.8 Å². The summed E-state index contributed by atoms with van der Waals surface area (Å²) >= 11 is 0. The van der Waals surface area contributed by atoms with Crippen molar-refractivity contribution in [1.82, 2.24) is 4.90 Å². The molecule has 3 heterocycles. The number of hydrogen-bond donors (Lipinski definition) is 0. The molecule has 0 radical (unpaired) electrons. The minimum atomic E-state index is -0.811. The van der Waals surface area contributed by atoms with Gasteiger partial charge in [0, 0.05) is 11.8 Å². The van der Waals surface area contributed by atoms with Gasteiger partial charge in [-0.3, -0.25) is 14.4 Å². The summed E-state index contributed by atoms with van der Waals surface area (Å²) in [6.07, 6.45) is 4.98. The molecule has 0 aromatic heterocycles. The second kappa shape index (κ2) is 6.82. The molecule has 3 aliphatic heterocycles. The minimum Gasteiger partial charge on any atom is -0.359 e. The van der Waals surface area contributed by atoms with Crippen molar-refractivity contribution < 1.29 is 14.4 Å². The standard InChI is InChI=1S/C24H17N3O3/c25-14-15-11-12-26-18(13-15)19-20(21(26)22(28)16-7-3-1-4-8-16)24(30)27(23(19)29)17-9-5-2-6-10-17/h1-13,18-21H/t18-,19-,20-,21-/m1/s1. The minimum absolute atomic E-state index is 0.206. The average Bonchev–Trinajstić information content (AvgIpc) is 3.26. The number of ketones is 1. The lowest BCUT2D eigenvalue weighted by Crippen LogP contribution is -2.46. The fourth-order valence-electron chi connectivity index (χ4n) is 4.73. The highest BCUT2D eigenvalue weighted by Crippen LogP contribution is 2.46. The third-order valence-corrected chi connectivity index (χ3v) is 6.02. The lowest BCUT2D eigenvalue weighted by molar-refractivity contribution is -0.123. The number of amides is 2. The maximum absolute atomic E-state index is 13.5. The highest BCUT2D eigenvalue weighted by atomic mass is 16.2. The molecular formula is C24H17N3O3. The Bertz CT molecular complexity index is 1150. The van der Waals surface area contributed by atoms with Gasteiger partial charge in [0.05, 0.1) is 35.2 Å². The molecule has 0 N–H and O–H groups in total. The van der Waals surface area contributed by atoms with Crippen LogP contribution in [-0.4, -0.2) is 34.6 Å². The number of carbonyl (C=O) groups excluding carboxylic acids is 3. The summed E-state index contributed by atoms with van der Waals surface area (Å²) in [5.41, 5.74) is 1.40. The SMILES string of the molecule is N#CC1=C[C@@H]2[C@H]3C(=O)N(c4ccccc4)C(=O)[C@H]3[C@H](C(=O)c3ccccc3)N2C=C1. The number of carbonyl (C=O) groups is 3. The van der Waals surface area contributed by atoms with Gasteiger partial charge in [0.25, 0.3) is 0 Å². The number of imide groups is 1. The van der Waals surface area contributed by atoms with E-state index in [-0.39, 0.29) is 17.6 Å². The van der Waals surface area contributed by atoms with Crippen molar-refractivity contribution in [2.24, 2.45) is 11.8 Å². The van der Waals surface area contributed by atoms with Gasteiger partial charge in [-0.1, -0.05) is 48.5 Å². The quantitative estimate of drug-likeness (QED) is 0.590. The number of fused-ring (bicyclic) bond motifs is 3. The van der Waals surface area contributed by atoms with Gasteiger partial charge >= 0.3 is 0 Å². The van der Waals surface area contributed by atoms with Crippen LogP contribution in [-0.2, 0) is 9.59 Å². The van der Waals surface area contributed by atoms with Crippen LogP contribution in [0, 0.1) is 23.2 Å². The maximum Gasteiger partial charge on any atom is 0.240 e. The molecule has 6 heteroatoms. The topological polar surface area (TPSA) is 81.5 Å². The molecule has 30 heavy (non-hydrogen) atoms. The van der Waals surface area contributed by atoms with Crippen molar-refractivity contribution in [3.8, 4) is 6.07 Å². The molecule has 0 saturated carbocycles. The van der Waals surface area contributed by atoms with Gasteiger partial charge in [-0.25, -0.2) is 4.90 Å². The van der Waals surface area contributed by atoms with Crippen molar-refractivity contribution in [2.45, 2.75) is 12.1 Å². The number of allylic oxidation sites excluding steroid dienone is 2. The number of anilines is 1. The molecule has 0 unspecified atom stereocenters. The second-order valence-corrected chi connectivity index (χ2v) is 7.56. The first-order valence-electron chi connectivity index (χ1n) is 9.71. The highest BCUT2D eigenvalue weighted by molar-refractivity contribution is 6.24. The molecule has 0 bridgehead atoms. The summed E-state index contributed by atoms with van der Waals surface area (Å²) in [6.45, 7) is 0. The van der Waals surface area contributed by atoms with Crippen LogP contribution in [0.5, 0.6) is 0 Å². The summed E-state index contributed by atoms with van der Waals surface area (Å²) < 4.78 is 0. The molecule has 0 spiro atoms. The molecule has 0 aliphatic carbocycles. The molecule has 5 rings (SSSR count). The van der Waals surface area contributed by atoms with Crippen LogP contribution in [0.25, 0.3) is 0 Å². The van der Waals surface area contributed by atoms with E-state index >= 15 is 0 Å². The summed E-state index contributed by atoms with van der Waals surface area (Å²) in [6, 6.07) is 18.3. The second-order valence-electron chi connectivity index (χ2n) is 7.56. The Kier molecular flexibility index (Phi) is 4.11. The highest BCUT2D eigenvalue weighted by Gasteiger charge is 2.63. The van der Waals surface area contributed by atoms with Crippen molar-refractivity contribution in [3.63, 3.8) is 0 Å². The molecule has 6 nitrogen and oxygen atoms in total. The van der Waals surface area contributed by atoms with Gasteiger partial charge in [-0.15, -0.1) is 0 Å². The third-order valence-electron chi connectivity index (χ3n) is 6.02. The summed E-state index contributed by atoms with van der Waals surface area (Å²) in [7, 11) is 0. The first-order chi connectivity index (χ1) is 14.6. The van der Waals surface area contributed by atoms with Crippen LogP contribution in [0.4, 0.5) is 5.69 Å². The number of hydrogen-bond acceptors (Lipinski definition) is 5. The van der Waals surface area contributed by atoms with E-state index in [2.05, 4.69) is 6.07 Å². The van der Waals surface area contributed by atoms with E-state index in [1.807, 2.05) is 12.1 Å². The Hall–Kier alpha value is -3.98. The number of para-hydroxylation sites is 1. The van der Waals surface area contributed by atoms with Gasteiger partial charge in [-0.05, 0) is 24.3 Å². The normalized spacial score (nSPS) is 26.8. The Balaban J connectivity index is 1.62. The Labute approximate surface area is 173 Å². The first-order valence-corrected chi connectivity index (χ1v) is 9.71. The van der Waals surface area contributed by atoms with Crippen LogP contribution in [0.3, 0.4) is 0 Å². The Morgan fingerprint density at radius 2 is 1.53 bits per heavy atom. The fraction of sp³-hybridized carbons (Fsp3) is 0.167. The van der Waals surface area contributed by atoms with E-state index in [0.29, 0.717) is 16.8 Å². The molecule has 2 saturated heterocycles. The monoisotopic (exact) mass is 395 g/mol. The lowest BCUT2D eigenvalue weighted by atomic mass is 9.86. The molecule has 2 aromatic carbocycles. The van der Waals surface area contributed by atoms with Crippen molar-refractivity contribution in [3.05, 3.63) is 90.2 Å². The summed E-state index contributed by atoms with van der Waals surface area (Å²) in [5, 5.41) is 9.34. The summed E-state index contributed by atoms with van der Waals surface area (Å²) in [4.78, 5) is 43.2. The smallest absolute Gasteiger partial charge is 0.240 e. The number of Topliss-reactive ketones (excluding diaryl/α,β-unsaturated/α-hetero) is 1. The molecule has 2 aromatic rings. The molecule has 146 valence electrons. The van der Waals surface area contributed by atoms with Gasteiger partial charge < -0.3 is 4.90 Å². The molecule has 2 fully saturated rings. The van der Waals surface area contributed by atoms with Gasteiger partial charge in [0.15, 0.2) is 5.78 Å². The number of nitriles is 1. The largest absolute Gasteiger partial charge is 0.359 e. The maximum atomic E-state index is 13.5. The predicted octanol–water partition coefficient (Wildman–Crippen LogP) is 2.71. The van der Waals surface area contributed by atoms with E-state index in [1.165, 1.54) is 4.90 Å². The van der Waals surface area contributed by atoms with Gasteiger partial charge in [0.1, 0.15) is 6.04 Å². The lowest BCUT2D eigenvalue weighted by Gasteiger charge is -2.32. The Morgan fingerprint density at radius 1 is 0.900 bits per heavy atom. The van der Waals surface area contributed by atoms with E-state index in [1.54, 1.807) is 71.8 Å².